The summed E-state index contributed by atoms with van der Waals surface area (Å²) in [5, 5.41) is 11.1. The molecular weight excluding hydrogens is 638 g/mol. The van der Waals surface area contributed by atoms with Crippen LogP contribution in [0.4, 0.5) is 5.69 Å². The molecule has 0 amide bonds. The largest absolute Gasteiger partial charge is 0.493 e. The highest BCUT2D eigenvalue weighted by molar-refractivity contribution is 9.10. The smallest absolute Gasteiger partial charge is 0.338 e. The van der Waals surface area contributed by atoms with Crippen LogP contribution >= 0.6 is 27.3 Å². The fourth-order valence-electron chi connectivity index (χ4n) is 4.84. The number of allylic oxidation sites excluding steroid dienone is 1. The molecule has 0 radical (unpaired) electrons. The predicted octanol–water partition coefficient (Wildman–Crippen LogP) is 5.06. The van der Waals surface area contributed by atoms with Crippen LogP contribution in [-0.2, 0) is 16.1 Å². The van der Waals surface area contributed by atoms with E-state index in [1.165, 1.54) is 37.7 Å². The summed E-state index contributed by atoms with van der Waals surface area (Å²) >= 11 is 4.77. The number of aromatic nitrogens is 1. The quantitative estimate of drug-likeness (QED) is 0.139. The Morgan fingerprint density at radius 1 is 1.14 bits per heavy atom. The van der Waals surface area contributed by atoms with Crippen LogP contribution in [-0.4, -0.2) is 29.7 Å². The van der Waals surface area contributed by atoms with Crippen molar-refractivity contribution >= 4 is 45.0 Å². The zero-order valence-electron chi connectivity index (χ0n) is 23.4. The summed E-state index contributed by atoms with van der Waals surface area (Å²) in [6, 6.07) is 18.4. The van der Waals surface area contributed by atoms with Crippen LogP contribution in [0.15, 0.2) is 92.3 Å². The van der Waals surface area contributed by atoms with E-state index in [0.29, 0.717) is 54.1 Å². The maximum atomic E-state index is 13.9. The lowest BCUT2D eigenvalue weighted by Crippen LogP contribution is -2.40. The summed E-state index contributed by atoms with van der Waals surface area (Å²) in [4.78, 5) is 42.7. The highest BCUT2D eigenvalue weighted by Crippen LogP contribution is 2.38. The maximum Gasteiger partial charge on any atom is 0.338 e. The first-order valence-corrected chi connectivity index (χ1v) is 14.8. The molecule has 0 saturated heterocycles. The van der Waals surface area contributed by atoms with Crippen molar-refractivity contribution in [2.75, 3.05) is 14.2 Å². The molecule has 0 N–H and O–H groups in total. The first kappa shape index (κ1) is 29.9. The summed E-state index contributed by atoms with van der Waals surface area (Å²) in [5.74, 6) is 0.285. The van der Waals surface area contributed by atoms with E-state index in [2.05, 4.69) is 15.9 Å². The lowest BCUT2D eigenvalue weighted by atomic mass is 9.95. The van der Waals surface area contributed by atoms with Gasteiger partial charge in [0.25, 0.3) is 11.2 Å². The second-order valence-corrected chi connectivity index (χ2v) is 11.3. The standard InChI is InChI=1S/C31H26BrN3O7S/c1-4-23-26(30(37)41-3)27(20-10-6-5-7-11-20)34-29(36)25(43-31(34)33-23)16-19-14-22(32)28(24(15-19)40-2)42-17-18-9-8-12-21(13-18)35(38)39/h5-16,27H,4,17H2,1-3H3/b25-16-/t27-/m1/s1. The van der Waals surface area contributed by atoms with Gasteiger partial charge < -0.3 is 14.2 Å². The van der Waals surface area contributed by atoms with Gasteiger partial charge in [-0.3, -0.25) is 19.5 Å². The van der Waals surface area contributed by atoms with Gasteiger partial charge in [0.05, 0.1) is 45.5 Å². The van der Waals surface area contributed by atoms with Gasteiger partial charge in [-0.15, -0.1) is 0 Å². The number of thiazole rings is 1. The van der Waals surface area contributed by atoms with Crippen molar-refractivity contribution in [2.45, 2.75) is 26.0 Å². The second kappa shape index (κ2) is 12.8. The molecule has 0 fully saturated rings. The normalized spacial score (nSPS) is 14.6. The van der Waals surface area contributed by atoms with Gasteiger partial charge in [0.1, 0.15) is 6.61 Å². The van der Waals surface area contributed by atoms with Gasteiger partial charge in [-0.05, 0) is 57.2 Å². The van der Waals surface area contributed by atoms with Crippen LogP contribution < -0.4 is 24.4 Å². The van der Waals surface area contributed by atoms with Crippen LogP contribution in [0.3, 0.4) is 0 Å². The summed E-state index contributed by atoms with van der Waals surface area (Å²) in [5.41, 5.74) is 2.65. The van der Waals surface area contributed by atoms with Crippen molar-refractivity contribution in [3.05, 3.63) is 129 Å². The number of carbonyl (C=O) groups excluding carboxylic acids is 1. The molecule has 10 nitrogen and oxygen atoms in total. The van der Waals surface area contributed by atoms with Crippen LogP contribution in [0.2, 0.25) is 0 Å². The summed E-state index contributed by atoms with van der Waals surface area (Å²) < 4.78 is 19.2. The van der Waals surface area contributed by atoms with Gasteiger partial charge in [-0.1, -0.05) is 60.7 Å². The monoisotopic (exact) mass is 663 g/mol. The Morgan fingerprint density at radius 3 is 2.58 bits per heavy atom. The zero-order valence-corrected chi connectivity index (χ0v) is 25.8. The van der Waals surface area contributed by atoms with E-state index in [0.717, 1.165) is 5.56 Å². The summed E-state index contributed by atoms with van der Waals surface area (Å²) in [7, 11) is 2.82. The van der Waals surface area contributed by atoms with Gasteiger partial charge in [0.2, 0.25) is 0 Å². The Hall–Kier alpha value is -4.55. The molecular formula is C31H26BrN3O7S. The van der Waals surface area contributed by atoms with Gasteiger partial charge in [0, 0.05) is 12.1 Å². The number of nitro groups is 1. The first-order chi connectivity index (χ1) is 20.7. The lowest BCUT2D eigenvalue weighted by Gasteiger charge is -2.25. The number of fused-ring (bicyclic) bond motifs is 1. The number of hydrogen-bond acceptors (Lipinski definition) is 9. The topological polar surface area (TPSA) is 122 Å². The zero-order chi connectivity index (χ0) is 30.7. The number of carbonyl (C=O) groups is 1. The van der Waals surface area contributed by atoms with Crippen molar-refractivity contribution in [1.82, 2.24) is 4.57 Å². The highest BCUT2D eigenvalue weighted by atomic mass is 79.9. The third kappa shape index (κ3) is 6.02. The molecule has 0 unspecified atom stereocenters. The van der Waals surface area contributed by atoms with Gasteiger partial charge >= 0.3 is 5.97 Å². The van der Waals surface area contributed by atoms with Crippen molar-refractivity contribution in [1.29, 1.82) is 0 Å². The minimum Gasteiger partial charge on any atom is -0.493 e. The molecule has 0 saturated carbocycles. The van der Waals surface area contributed by atoms with E-state index in [9.17, 15) is 19.7 Å². The number of benzene rings is 3. The highest BCUT2D eigenvalue weighted by Gasteiger charge is 2.33. The van der Waals surface area contributed by atoms with E-state index in [1.54, 1.807) is 34.9 Å². The minimum atomic E-state index is -0.687. The van der Waals surface area contributed by atoms with E-state index in [4.69, 9.17) is 19.2 Å². The Bertz CT molecular complexity index is 1930. The molecule has 12 heteroatoms. The Kier molecular flexibility index (Phi) is 8.88. The number of ether oxygens (including phenoxy) is 3. The number of hydrogen-bond donors (Lipinski definition) is 0. The van der Waals surface area contributed by atoms with Crippen molar-refractivity contribution in [3.63, 3.8) is 0 Å². The molecule has 5 rings (SSSR count). The number of esters is 1. The average molecular weight is 665 g/mol. The summed E-state index contributed by atoms with van der Waals surface area (Å²) in [6.07, 6.45) is 2.22. The molecule has 1 aromatic heterocycles. The predicted molar refractivity (Wildman–Crippen MR) is 165 cm³/mol. The molecule has 0 aliphatic carbocycles. The first-order valence-electron chi connectivity index (χ1n) is 13.2. The molecule has 1 aliphatic heterocycles. The van der Waals surface area contributed by atoms with Crippen molar-refractivity contribution in [2.24, 2.45) is 4.99 Å². The van der Waals surface area contributed by atoms with Crippen LogP contribution in [0.25, 0.3) is 6.08 Å². The third-order valence-corrected chi connectivity index (χ3v) is 8.39. The molecule has 43 heavy (non-hydrogen) atoms. The molecule has 1 atom stereocenters. The number of methoxy groups -OCH3 is 2. The molecule has 3 aromatic carbocycles. The fraction of sp³-hybridized carbons (Fsp3) is 0.194. The van der Waals surface area contributed by atoms with E-state index >= 15 is 0 Å². The maximum absolute atomic E-state index is 13.9. The number of non-ortho nitro benzene ring substituents is 1. The van der Waals surface area contributed by atoms with E-state index in [1.807, 2.05) is 37.3 Å². The molecule has 0 spiro atoms. The average Bonchev–Trinajstić information content (AvgIpc) is 3.33. The Morgan fingerprint density at radius 2 is 1.91 bits per heavy atom. The molecule has 220 valence electrons. The number of nitrogens with zero attached hydrogens (tertiary/aromatic N) is 3. The number of nitro benzene ring substituents is 1. The minimum absolute atomic E-state index is 0.0248. The van der Waals surface area contributed by atoms with Gasteiger partial charge in [-0.2, -0.15) is 0 Å². The third-order valence-electron chi connectivity index (χ3n) is 6.82. The van der Waals surface area contributed by atoms with Crippen molar-refractivity contribution < 1.29 is 23.9 Å². The molecule has 2 heterocycles. The molecule has 0 bridgehead atoms. The number of rotatable bonds is 9. The second-order valence-electron chi connectivity index (χ2n) is 9.45. The van der Waals surface area contributed by atoms with E-state index in [-0.39, 0.29) is 17.9 Å². The van der Waals surface area contributed by atoms with Gasteiger partial charge in [-0.25, -0.2) is 9.79 Å². The van der Waals surface area contributed by atoms with Crippen LogP contribution in [0, 0.1) is 10.1 Å². The number of halogens is 1. The van der Waals surface area contributed by atoms with Crippen molar-refractivity contribution in [3.8, 4) is 11.5 Å². The Balaban J connectivity index is 1.56. The lowest BCUT2D eigenvalue weighted by molar-refractivity contribution is -0.384. The van der Waals surface area contributed by atoms with Gasteiger partial charge in [0.15, 0.2) is 16.3 Å². The molecule has 1 aliphatic rings. The van der Waals surface area contributed by atoms with Crippen LogP contribution in [0.1, 0.15) is 36.1 Å². The Labute approximate surface area is 258 Å². The SMILES string of the molecule is CCC1=C(C(=O)OC)[C@@H](c2ccccc2)n2c(s/c(=C\c3cc(Br)c(OCc4cccc([N+](=O)[O-])c4)c(OC)c3)c2=O)=N1. The fourth-order valence-corrected chi connectivity index (χ4v) is 6.44. The van der Waals surface area contributed by atoms with E-state index < -0.39 is 16.9 Å². The van der Waals surface area contributed by atoms with Crippen LogP contribution in [0.5, 0.6) is 11.5 Å². The summed E-state index contributed by atoms with van der Waals surface area (Å²) in [6.45, 7) is 1.99. The molecule has 4 aromatic rings.